The van der Waals surface area contributed by atoms with Crippen LogP contribution in [0.5, 0.6) is 11.5 Å². The van der Waals surface area contributed by atoms with Crippen molar-refractivity contribution in [3.8, 4) is 11.5 Å². The van der Waals surface area contributed by atoms with E-state index in [1.54, 1.807) is 13.1 Å². The first-order valence-electron chi connectivity index (χ1n) is 9.18. The third-order valence-electron chi connectivity index (χ3n) is 4.48. The fourth-order valence-corrected chi connectivity index (χ4v) is 3.15. The summed E-state index contributed by atoms with van der Waals surface area (Å²) in [4.78, 5) is 8.33. The normalized spacial score (nSPS) is 13.1. The molecule has 1 N–H and O–H groups in total. The van der Waals surface area contributed by atoms with Crippen LogP contribution >= 0.6 is 0 Å². The lowest BCUT2D eigenvalue weighted by Gasteiger charge is -2.22. The maximum absolute atomic E-state index is 14.0. The molecule has 0 aromatic heterocycles. The number of guanidine groups is 1. The van der Waals surface area contributed by atoms with E-state index in [0.717, 1.165) is 28.6 Å². The SMILES string of the molecule is CN=C(NCc1ccc(F)c(CN(C)C)c1)N(C)Cc1ccc2c(c1)OCO2. The number of nitrogens with zero attached hydrogens (tertiary/aromatic N) is 3. The monoisotopic (exact) mass is 386 g/mol. The zero-order valence-electron chi connectivity index (χ0n) is 16.8. The van der Waals surface area contributed by atoms with E-state index in [4.69, 9.17) is 9.47 Å². The Morgan fingerprint density at radius 1 is 1.04 bits per heavy atom. The molecule has 6 nitrogen and oxygen atoms in total. The van der Waals surface area contributed by atoms with Crippen LogP contribution in [0.2, 0.25) is 0 Å². The molecule has 1 heterocycles. The van der Waals surface area contributed by atoms with Gasteiger partial charge in [-0.2, -0.15) is 0 Å². The number of hydrogen-bond acceptors (Lipinski definition) is 4. The molecule has 0 spiro atoms. The lowest BCUT2D eigenvalue weighted by atomic mass is 10.1. The number of nitrogens with one attached hydrogen (secondary N) is 1. The number of ether oxygens (including phenoxy) is 2. The van der Waals surface area contributed by atoms with Crippen molar-refractivity contribution in [3.05, 3.63) is 58.9 Å². The Labute approximate surface area is 165 Å². The van der Waals surface area contributed by atoms with E-state index >= 15 is 0 Å². The standard InChI is InChI=1S/C21H27FN4O2/c1-23-21(24-11-15-5-7-18(22)17(9-15)13-25(2)3)26(4)12-16-6-8-19-20(10-16)28-14-27-19/h5-10H,11-14H2,1-4H3,(H,23,24). The molecule has 0 bridgehead atoms. The summed E-state index contributed by atoms with van der Waals surface area (Å²) < 4.78 is 24.8. The van der Waals surface area contributed by atoms with Gasteiger partial charge in [-0.15, -0.1) is 0 Å². The first-order valence-corrected chi connectivity index (χ1v) is 9.18. The Morgan fingerprint density at radius 2 is 1.79 bits per heavy atom. The summed E-state index contributed by atoms with van der Waals surface area (Å²) >= 11 is 0. The highest BCUT2D eigenvalue weighted by molar-refractivity contribution is 5.79. The first kappa shape index (κ1) is 19.9. The second kappa shape index (κ2) is 8.93. The number of rotatable bonds is 6. The van der Waals surface area contributed by atoms with Crippen molar-refractivity contribution in [2.75, 3.05) is 35.0 Å². The molecule has 0 saturated heterocycles. The van der Waals surface area contributed by atoms with E-state index in [1.807, 2.05) is 55.2 Å². The Hall–Kier alpha value is -2.80. The van der Waals surface area contributed by atoms with Gasteiger partial charge in [0, 0.05) is 39.3 Å². The zero-order chi connectivity index (χ0) is 20.1. The zero-order valence-corrected chi connectivity index (χ0v) is 16.8. The number of halogens is 1. The summed E-state index contributed by atoms with van der Waals surface area (Å²) in [7, 11) is 7.58. The average Bonchev–Trinajstić information content (AvgIpc) is 3.12. The van der Waals surface area contributed by atoms with E-state index < -0.39 is 0 Å². The Morgan fingerprint density at radius 3 is 2.54 bits per heavy atom. The maximum atomic E-state index is 14.0. The predicted molar refractivity (Wildman–Crippen MR) is 108 cm³/mol. The molecule has 1 aliphatic rings. The first-order chi connectivity index (χ1) is 13.5. The molecule has 0 fully saturated rings. The fraction of sp³-hybridized carbons (Fsp3) is 0.381. The van der Waals surface area contributed by atoms with Crippen LogP contribution in [-0.4, -0.2) is 50.7 Å². The molecule has 7 heteroatoms. The van der Waals surface area contributed by atoms with Crippen molar-refractivity contribution >= 4 is 5.96 Å². The Bertz CT molecular complexity index is 854. The van der Waals surface area contributed by atoms with E-state index in [1.165, 1.54) is 6.07 Å². The molecule has 28 heavy (non-hydrogen) atoms. The van der Waals surface area contributed by atoms with Gasteiger partial charge >= 0.3 is 0 Å². The molecule has 1 aliphatic heterocycles. The van der Waals surface area contributed by atoms with Crippen molar-refractivity contribution in [3.63, 3.8) is 0 Å². The van der Waals surface area contributed by atoms with Crippen molar-refractivity contribution in [2.45, 2.75) is 19.6 Å². The van der Waals surface area contributed by atoms with Crippen LogP contribution < -0.4 is 14.8 Å². The molecule has 2 aromatic rings. The van der Waals surface area contributed by atoms with Crippen LogP contribution in [0.3, 0.4) is 0 Å². The van der Waals surface area contributed by atoms with Crippen LogP contribution in [0, 0.1) is 5.82 Å². The third kappa shape index (κ3) is 4.92. The van der Waals surface area contributed by atoms with Gasteiger partial charge in [0.25, 0.3) is 0 Å². The molecule has 0 saturated carbocycles. The number of fused-ring (bicyclic) bond motifs is 1. The van der Waals surface area contributed by atoms with Crippen LogP contribution in [0.4, 0.5) is 4.39 Å². The van der Waals surface area contributed by atoms with Crippen molar-refractivity contribution in [2.24, 2.45) is 4.99 Å². The molecule has 2 aromatic carbocycles. The van der Waals surface area contributed by atoms with Gasteiger partial charge in [-0.1, -0.05) is 12.1 Å². The van der Waals surface area contributed by atoms with Gasteiger partial charge in [0.1, 0.15) is 5.82 Å². The van der Waals surface area contributed by atoms with Gasteiger partial charge in [0.05, 0.1) is 0 Å². The summed E-state index contributed by atoms with van der Waals surface area (Å²) in [6.07, 6.45) is 0. The molecule has 150 valence electrons. The molecular weight excluding hydrogens is 359 g/mol. The number of aliphatic imine (C=N–C) groups is 1. The Balaban J connectivity index is 1.61. The minimum Gasteiger partial charge on any atom is -0.454 e. The summed E-state index contributed by atoms with van der Waals surface area (Å²) in [6, 6.07) is 11.1. The van der Waals surface area contributed by atoms with E-state index in [-0.39, 0.29) is 12.6 Å². The highest BCUT2D eigenvalue weighted by atomic mass is 19.1. The van der Waals surface area contributed by atoms with Gasteiger partial charge in [-0.3, -0.25) is 4.99 Å². The van der Waals surface area contributed by atoms with Crippen LogP contribution in [-0.2, 0) is 19.6 Å². The molecular formula is C21H27FN4O2. The largest absolute Gasteiger partial charge is 0.454 e. The lowest BCUT2D eigenvalue weighted by molar-refractivity contribution is 0.174. The van der Waals surface area contributed by atoms with Gasteiger partial charge in [0.15, 0.2) is 17.5 Å². The van der Waals surface area contributed by atoms with Gasteiger partial charge in [0.2, 0.25) is 6.79 Å². The molecule has 0 amide bonds. The maximum Gasteiger partial charge on any atom is 0.231 e. The highest BCUT2D eigenvalue weighted by Crippen LogP contribution is 2.32. The predicted octanol–water partition coefficient (Wildman–Crippen LogP) is 2.82. The fourth-order valence-electron chi connectivity index (χ4n) is 3.15. The van der Waals surface area contributed by atoms with Crippen LogP contribution in [0.25, 0.3) is 0 Å². The number of hydrogen-bond donors (Lipinski definition) is 1. The molecule has 0 aliphatic carbocycles. The van der Waals surface area contributed by atoms with Crippen LogP contribution in [0.1, 0.15) is 16.7 Å². The van der Waals surface area contributed by atoms with Gasteiger partial charge < -0.3 is 24.6 Å². The lowest BCUT2D eigenvalue weighted by Crippen LogP contribution is -2.38. The summed E-state index contributed by atoms with van der Waals surface area (Å²) in [5, 5.41) is 3.34. The minimum atomic E-state index is -0.179. The summed E-state index contributed by atoms with van der Waals surface area (Å²) in [5.74, 6) is 2.13. The van der Waals surface area contributed by atoms with Gasteiger partial charge in [-0.25, -0.2) is 4.39 Å². The quantitative estimate of drug-likeness (QED) is 0.611. The molecule has 0 unspecified atom stereocenters. The second-order valence-electron chi connectivity index (χ2n) is 7.11. The van der Waals surface area contributed by atoms with Crippen LogP contribution in [0.15, 0.2) is 41.4 Å². The van der Waals surface area contributed by atoms with E-state index in [9.17, 15) is 4.39 Å². The van der Waals surface area contributed by atoms with E-state index in [2.05, 4.69) is 10.3 Å². The summed E-state index contributed by atoms with van der Waals surface area (Å²) in [6.45, 7) is 2.08. The smallest absolute Gasteiger partial charge is 0.231 e. The van der Waals surface area contributed by atoms with Gasteiger partial charge in [-0.05, 0) is 49.5 Å². The minimum absolute atomic E-state index is 0.179. The average molecular weight is 386 g/mol. The topological polar surface area (TPSA) is 49.3 Å². The second-order valence-corrected chi connectivity index (χ2v) is 7.11. The molecule has 0 radical (unpaired) electrons. The van der Waals surface area contributed by atoms with Crippen molar-refractivity contribution in [1.82, 2.24) is 15.1 Å². The van der Waals surface area contributed by atoms with E-state index in [0.29, 0.717) is 25.2 Å². The third-order valence-corrected chi connectivity index (χ3v) is 4.48. The summed E-state index contributed by atoms with van der Waals surface area (Å²) in [5.41, 5.74) is 2.80. The van der Waals surface area contributed by atoms with Crippen molar-refractivity contribution in [1.29, 1.82) is 0 Å². The van der Waals surface area contributed by atoms with Crippen molar-refractivity contribution < 1.29 is 13.9 Å². The Kier molecular flexibility index (Phi) is 6.36. The molecule has 3 rings (SSSR count). The molecule has 0 atom stereocenters. The number of benzene rings is 2. The highest BCUT2D eigenvalue weighted by Gasteiger charge is 2.15.